The second-order valence-corrected chi connectivity index (χ2v) is 4.71. The highest BCUT2D eigenvalue weighted by molar-refractivity contribution is 6.17. The van der Waals surface area contributed by atoms with E-state index in [9.17, 15) is 9.59 Å². The van der Waals surface area contributed by atoms with Crippen LogP contribution in [0.15, 0.2) is 23.3 Å². The Balaban J connectivity index is 1.88. The molecule has 1 aromatic carbocycles. The first-order chi connectivity index (χ1) is 9.25. The van der Waals surface area contributed by atoms with E-state index in [2.05, 4.69) is 9.84 Å². The topological polar surface area (TPSA) is 59.0 Å². The number of ether oxygens (including phenoxy) is 1. The zero-order valence-corrected chi connectivity index (χ0v) is 10.5. The van der Waals surface area contributed by atoms with Crippen molar-refractivity contribution >= 4 is 18.2 Å². The lowest BCUT2D eigenvalue weighted by molar-refractivity contribution is 0.0444. The number of esters is 2. The van der Waals surface area contributed by atoms with Gasteiger partial charge >= 0.3 is 11.9 Å². The molecule has 2 aliphatic rings. The number of piperidine rings is 1. The largest absolute Gasteiger partial charge is 0.386 e. The number of carbonyl (C=O) groups is 2. The van der Waals surface area contributed by atoms with Gasteiger partial charge in [0.05, 0.1) is 17.3 Å². The molecule has 1 saturated heterocycles. The fraction of sp³-hybridized carbons (Fsp3) is 0.357. The predicted octanol–water partition coefficient (Wildman–Crippen LogP) is 1.82. The van der Waals surface area contributed by atoms with Gasteiger partial charge in [-0.3, -0.25) is 5.01 Å². The van der Waals surface area contributed by atoms with Crippen molar-refractivity contribution < 1.29 is 14.3 Å². The summed E-state index contributed by atoms with van der Waals surface area (Å²) in [6.07, 6.45) is 5.17. The van der Waals surface area contributed by atoms with E-state index in [0.29, 0.717) is 16.7 Å². The van der Waals surface area contributed by atoms with Gasteiger partial charge in [-0.15, -0.1) is 0 Å². The van der Waals surface area contributed by atoms with Crippen LogP contribution in [0.5, 0.6) is 0 Å². The van der Waals surface area contributed by atoms with Crippen molar-refractivity contribution in [1.82, 2.24) is 5.01 Å². The molecule has 5 heteroatoms. The number of hydrogen-bond acceptors (Lipinski definition) is 5. The molecular weight excluding hydrogens is 244 g/mol. The normalized spacial score (nSPS) is 18.8. The lowest BCUT2D eigenvalue weighted by atomic mass is 10.0. The molecule has 1 aromatic rings. The number of carbonyl (C=O) groups excluding carboxylic acids is 2. The van der Waals surface area contributed by atoms with Gasteiger partial charge in [-0.2, -0.15) is 5.10 Å². The Morgan fingerprint density at radius 3 is 2.68 bits per heavy atom. The maximum absolute atomic E-state index is 11.6. The minimum absolute atomic E-state index is 0.326. The molecule has 0 unspecified atom stereocenters. The van der Waals surface area contributed by atoms with Gasteiger partial charge in [-0.05, 0) is 25.3 Å². The van der Waals surface area contributed by atoms with Crippen LogP contribution in [-0.4, -0.2) is 36.3 Å². The van der Waals surface area contributed by atoms with E-state index in [1.54, 1.807) is 24.4 Å². The van der Waals surface area contributed by atoms with Crippen LogP contribution in [0, 0.1) is 0 Å². The van der Waals surface area contributed by atoms with Crippen molar-refractivity contribution in [2.75, 3.05) is 13.1 Å². The molecule has 2 heterocycles. The molecule has 0 amide bonds. The average molecular weight is 258 g/mol. The molecule has 0 aliphatic carbocycles. The van der Waals surface area contributed by atoms with E-state index >= 15 is 0 Å². The maximum atomic E-state index is 11.6. The second-order valence-electron chi connectivity index (χ2n) is 4.71. The molecule has 0 bridgehead atoms. The highest BCUT2D eigenvalue weighted by atomic mass is 16.6. The Morgan fingerprint density at radius 2 is 1.89 bits per heavy atom. The minimum Gasteiger partial charge on any atom is -0.386 e. The van der Waals surface area contributed by atoms with Gasteiger partial charge in [-0.1, -0.05) is 12.1 Å². The summed E-state index contributed by atoms with van der Waals surface area (Å²) < 4.78 is 4.61. The van der Waals surface area contributed by atoms with E-state index in [4.69, 9.17) is 0 Å². The van der Waals surface area contributed by atoms with Crippen molar-refractivity contribution in [3.05, 3.63) is 34.9 Å². The number of hydrogen-bond donors (Lipinski definition) is 0. The monoisotopic (exact) mass is 258 g/mol. The zero-order chi connectivity index (χ0) is 13.2. The van der Waals surface area contributed by atoms with Gasteiger partial charge in [0, 0.05) is 18.7 Å². The Bertz CT molecular complexity index is 560. The molecule has 3 rings (SSSR count). The molecular formula is C14H14N2O3. The Kier molecular flexibility index (Phi) is 3.03. The fourth-order valence-corrected chi connectivity index (χ4v) is 2.40. The lowest BCUT2D eigenvalue weighted by Crippen LogP contribution is -2.24. The lowest BCUT2D eigenvalue weighted by Gasteiger charge is -2.23. The van der Waals surface area contributed by atoms with Crippen LogP contribution in [-0.2, 0) is 4.74 Å². The van der Waals surface area contributed by atoms with Crippen LogP contribution < -0.4 is 0 Å². The van der Waals surface area contributed by atoms with E-state index in [1.165, 1.54) is 6.42 Å². The average Bonchev–Trinajstić information content (AvgIpc) is 2.74. The number of hydrazone groups is 1. The first-order valence-electron chi connectivity index (χ1n) is 6.44. The van der Waals surface area contributed by atoms with Crippen molar-refractivity contribution in [3.8, 4) is 0 Å². The number of benzene rings is 1. The molecule has 0 saturated carbocycles. The molecule has 0 N–H and O–H groups in total. The van der Waals surface area contributed by atoms with Gasteiger partial charge < -0.3 is 4.74 Å². The maximum Gasteiger partial charge on any atom is 0.347 e. The van der Waals surface area contributed by atoms with Crippen molar-refractivity contribution in [1.29, 1.82) is 0 Å². The molecule has 0 atom stereocenters. The van der Waals surface area contributed by atoms with E-state index in [1.807, 2.05) is 5.01 Å². The van der Waals surface area contributed by atoms with E-state index in [-0.39, 0.29) is 0 Å². The summed E-state index contributed by atoms with van der Waals surface area (Å²) in [4.78, 5) is 23.1. The third-order valence-electron chi connectivity index (χ3n) is 3.40. The van der Waals surface area contributed by atoms with Crippen LogP contribution in [0.4, 0.5) is 0 Å². The summed E-state index contributed by atoms with van der Waals surface area (Å²) in [7, 11) is 0. The van der Waals surface area contributed by atoms with Crippen molar-refractivity contribution in [2.24, 2.45) is 5.10 Å². The Labute approximate surface area is 110 Å². The first kappa shape index (κ1) is 11.9. The second kappa shape index (κ2) is 4.84. The van der Waals surface area contributed by atoms with Crippen LogP contribution in [0.2, 0.25) is 0 Å². The van der Waals surface area contributed by atoms with E-state index in [0.717, 1.165) is 25.9 Å². The summed E-state index contributed by atoms with van der Waals surface area (Å²) >= 11 is 0. The summed E-state index contributed by atoms with van der Waals surface area (Å²) in [5.74, 6) is -1.16. The number of cyclic esters (lactones) is 2. The highest BCUT2D eigenvalue weighted by Crippen LogP contribution is 2.22. The summed E-state index contributed by atoms with van der Waals surface area (Å²) in [6.45, 7) is 1.88. The third-order valence-corrected chi connectivity index (χ3v) is 3.40. The summed E-state index contributed by atoms with van der Waals surface area (Å²) in [5, 5.41) is 6.37. The summed E-state index contributed by atoms with van der Waals surface area (Å²) in [6, 6.07) is 5.10. The predicted molar refractivity (Wildman–Crippen MR) is 69.2 cm³/mol. The standard InChI is InChI=1S/C14H14N2O3/c17-13-11-6-4-5-10(12(11)14(18)19-13)9-15-16-7-2-1-3-8-16/h4-6,9H,1-3,7-8H2/b15-9+. The zero-order valence-electron chi connectivity index (χ0n) is 10.5. The Morgan fingerprint density at radius 1 is 1.11 bits per heavy atom. The fourth-order valence-electron chi connectivity index (χ4n) is 2.40. The number of rotatable bonds is 2. The quantitative estimate of drug-likeness (QED) is 0.461. The van der Waals surface area contributed by atoms with Crippen LogP contribution in [0.1, 0.15) is 45.5 Å². The van der Waals surface area contributed by atoms with Crippen molar-refractivity contribution in [3.63, 3.8) is 0 Å². The van der Waals surface area contributed by atoms with Gasteiger partial charge in [0.1, 0.15) is 0 Å². The Hall–Kier alpha value is -2.17. The minimum atomic E-state index is -0.583. The molecule has 0 aromatic heterocycles. The van der Waals surface area contributed by atoms with Crippen LogP contribution >= 0.6 is 0 Å². The molecule has 2 aliphatic heterocycles. The van der Waals surface area contributed by atoms with Crippen molar-refractivity contribution in [2.45, 2.75) is 19.3 Å². The van der Waals surface area contributed by atoms with E-state index < -0.39 is 11.9 Å². The van der Waals surface area contributed by atoms with Gasteiger partial charge in [0.25, 0.3) is 0 Å². The first-order valence-corrected chi connectivity index (χ1v) is 6.44. The molecule has 0 radical (unpaired) electrons. The third kappa shape index (κ3) is 2.23. The number of nitrogens with zero attached hydrogens (tertiary/aromatic N) is 2. The molecule has 0 spiro atoms. The van der Waals surface area contributed by atoms with Crippen LogP contribution in [0.3, 0.4) is 0 Å². The highest BCUT2D eigenvalue weighted by Gasteiger charge is 2.31. The molecule has 98 valence electrons. The van der Waals surface area contributed by atoms with Gasteiger partial charge in [0.15, 0.2) is 0 Å². The SMILES string of the molecule is O=C1OC(=O)c2c(/C=N/N3CCCCC3)cccc21. The smallest absolute Gasteiger partial charge is 0.347 e. The molecule has 5 nitrogen and oxygen atoms in total. The van der Waals surface area contributed by atoms with Gasteiger partial charge in [-0.25, -0.2) is 9.59 Å². The molecule has 19 heavy (non-hydrogen) atoms. The van der Waals surface area contributed by atoms with Crippen LogP contribution in [0.25, 0.3) is 0 Å². The number of fused-ring (bicyclic) bond motifs is 1. The molecule has 1 fully saturated rings. The summed E-state index contributed by atoms with van der Waals surface area (Å²) in [5.41, 5.74) is 1.29. The van der Waals surface area contributed by atoms with Gasteiger partial charge in [0.2, 0.25) is 0 Å².